The van der Waals surface area contributed by atoms with E-state index in [0.717, 1.165) is 13.1 Å². The molecule has 0 bridgehead atoms. The fourth-order valence-corrected chi connectivity index (χ4v) is 0.870. The van der Waals surface area contributed by atoms with E-state index in [9.17, 15) is 0 Å². The summed E-state index contributed by atoms with van der Waals surface area (Å²) in [5.41, 5.74) is 0. The summed E-state index contributed by atoms with van der Waals surface area (Å²) in [6.45, 7) is 1.78. The predicted octanol–water partition coefficient (Wildman–Crippen LogP) is 0.433. The van der Waals surface area contributed by atoms with Crippen molar-refractivity contribution in [1.82, 2.24) is 4.90 Å². The van der Waals surface area contributed by atoms with E-state index in [1.165, 1.54) is 0 Å². The molecule has 2 atom stereocenters. The van der Waals surface area contributed by atoms with Gasteiger partial charge in [-0.3, -0.25) is 4.90 Å². The largest absolute Gasteiger partial charge is 0.283 e. The van der Waals surface area contributed by atoms with E-state index in [1.807, 2.05) is 4.90 Å². The van der Waals surface area contributed by atoms with Gasteiger partial charge in [0.2, 0.25) is 0 Å². The van der Waals surface area contributed by atoms with Crippen molar-refractivity contribution in [3.05, 3.63) is 0 Å². The van der Waals surface area contributed by atoms with Gasteiger partial charge in [0.25, 0.3) is 0 Å². The normalized spacial score (nSPS) is 34.0. The molecule has 3 heteroatoms. The molecule has 1 heterocycles. The van der Waals surface area contributed by atoms with Crippen LogP contribution in [-0.4, -0.2) is 29.9 Å². The first-order chi connectivity index (χ1) is 3.88. The van der Waals surface area contributed by atoms with E-state index in [0.29, 0.717) is 5.88 Å². The molecule has 0 spiro atoms. The molecule has 1 rings (SSSR count). The first-order valence-electron chi connectivity index (χ1n) is 2.58. The molecular formula is C5H7ClN2. The first kappa shape index (κ1) is 5.87. The van der Waals surface area contributed by atoms with Crippen molar-refractivity contribution in [2.24, 2.45) is 0 Å². The lowest BCUT2D eigenvalue weighted by atomic mass is 10.5. The Morgan fingerprint density at radius 3 is 3.00 bits per heavy atom. The van der Waals surface area contributed by atoms with Crippen LogP contribution in [0, 0.1) is 11.3 Å². The van der Waals surface area contributed by atoms with Gasteiger partial charge in [-0.2, -0.15) is 5.26 Å². The van der Waals surface area contributed by atoms with Crippen LogP contribution in [-0.2, 0) is 0 Å². The zero-order valence-corrected chi connectivity index (χ0v) is 5.23. The zero-order chi connectivity index (χ0) is 5.98. The Hall–Kier alpha value is -0.260. The van der Waals surface area contributed by atoms with Crippen LogP contribution in [0.2, 0.25) is 0 Å². The second-order valence-corrected chi connectivity index (χ2v) is 2.21. The Morgan fingerprint density at radius 1 is 1.88 bits per heavy atom. The molecular weight excluding hydrogens is 124 g/mol. The molecule has 1 fully saturated rings. The molecule has 8 heavy (non-hydrogen) atoms. The van der Waals surface area contributed by atoms with Crippen molar-refractivity contribution < 1.29 is 0 Å². The molecule has 2 unspecified atom stereocenters. The molecule has 0 N–H and O–H groups in total. The highest BCUT2D eigenvalue weighted by atomic mass is 35.5. The number of nitrogens with zero attached hydrogens (tertiary/aromatic N) is 2. The third kappa shape index (κ3) is 1.12. The minimum absolute atomic E-state index is 0.175. The minimum Gasteiger partial charge on any atom is -0.283 e. The number of nitriles is 1. The molecule has 44 valence electrons. The van der Waals surface area contributed by atoms with E-state index >= 15 is 0 Å². The van der Waals surface area contributed by atoms with Gasteiger partial charge in [-0.15, -0.1) is 11.6 Å². The summed E-state index contributed by atoms with van der Waals surface area (Å²) in [4.78, 5) is 2.03. The van der Waals surface area contributed by atoms with Crippen LogP contribution in [0.5, 0.6) is 0 Å². The summed E-state index contributed by atoms with van der Waals surface area (Å²) in [6.07, 6.45) is 0. The smallest absolute Gasteiger partial charge is 0.111 e. The van der Waals surface area contributed by atoms with Gasteiger partial charge in [-0.25, -0.2) is 0 Å². The third-order valence-electron chi connectivity index (χ3n) is 1.24. The molecule has 0 aromatic rings. The van der Waals surface area contributed by atoms with Crippen LogP contribution in [0.3, 0.4) is 0 Å². The maximum Gasteiger partial charge on any atom is 0.111 e. The summed E-state index contributed by atoms with van der Waals surface area (Å²) in [7, 11) is 0. The minimum atomic E-state index is 0.175. The van der Waals surface area contributed by atoms with Crippen LogP contribution in [0.25, 0.3) is 0 Å². The monoisotopic (exact) mass is 130 g/mol. The number of rotatable bonds is 2. The topological polar surface area (TPSA) is 26.8 Å². The highest BCUT2D eigenvalue weighted by Gasteiger charge is 2.32. The standard InChI is InChI=1S/C5H7ClN2/c6-1-2-8-4-5(8)3-7/h5H,1-2,4H2. The lowest BCUT2D eigenvalue weighted by Crippen LogP contribution is -2.02. The Bertz CT molecular complexity index is 118. The first-order valence-corrected chi connectivity index (χ1v) is 3.11. The van der Waals surface area contributed by atoms with Gasteiger partial charge in [0, 0.05) is 19.0 Å². The second-order valence-electron chi connectivity index (χ2n) is 1.83. The number of halogens is 1. The average Bonchev–Trinajstić information content (AvgIpc) is 2.48. The van der Waals surface area contributed by atoms with Crippen LogP contribution >= 0.6 is 11.6 Å². The van der Waals surface area contributed by atoms with Gasteiger partial charge in [-0.05, 0) is 0 Å². The molecule has 0 aromatic carbocycles. The van der Waals surface area contributed by atoms with Crippen LogP contribution in [0.15, 0.2) is 0 Å². The number of hydrogen-bond acceptors (Lipinski definition) is 2. The van der Waals surface area contributed by atoms with E-state index < -0.39 is 0 Å². The molecule has 1 aliphatic rings. The van der Waals surface area contributed by atoms with Crippen molar-refractivity contribution in [3.8, 4) is 6.07 Å². The molecule has 0 amide bonds. The maximum absolute atomic E-state index is 8.27. The predicted molar refractivity (Wildman–Crippen MR) is 31.7 cm³/mol. The quantitative estimate of drug-likeness (QED) is 0.401. The molecule has 0 aliphatic carbocycles. The lowest BCUT2D eigenvalue weighted by Gasteiger charge is -1.90. The molecule has 0 saturated carbocycles. The van der Waals surface area contributed by atoms with Crippen LogP contribution < -0.4 is 0 Å². The van der Waals surface area contributed by atoms with E-state index in [-0.39, 0.29) is 6.04 Å². The Labute approximate surface area is 53.6 Å². The maximum atomic E-state index is 8.27. The number of alkyl halides is 1. The highest BCUT2D eigenvalue weighted by Crippen LogP contribution is 2.14. The third-order valence-corrected chi connectivity index (χ3v) is 1.40. The zero-order valence-electron chi connectivity index (χ0n) is 4.47. The van der Waals surface area contributed by atoms with Gasteiger partial charge in [0.15, 0.2) is 0 Å². The summed E-state index contributed by atoms with van der Waals surface area (Å²) in [6, 6.07) is 2.32. The van der Waals surface area contributed by atoms with Crippen molar-refractivity contribution in [2.45, 2.75) is 6.04 Å². The summed E-state index contributed by atoms with van der Waals surface area (Å²) in [5.74, 6) is 0.637. The summed E-state index contributed by atoms with van der Waals surface area (Å²) >= 11 is 5.41. The second kappa shape index (κ2) is 2.34. The van der Waals surface area contributed by atoms with Crippen molar-refractivity contribution >= 4 is 11.6 Å². The van der Waals surface area contributed by atoms with Gasteiger partial charge in [-0.1, -0.05) is 0 Å². The van der Waals surface area contributed by atoms with Gasteiger partial charge < -0.3 is 0 Å². The van der Waals surface area contributed by atoms with Crippen molar-refractivity contribution in [3.63, 3.8) is 0 Å². The highest BCUT2D eigenvalue weighted by molar-refractivity contribution is 6.18. The van der Waals surface area contributed by atoms with Crippen LogP contribution in [0.1, 0.15) is 0 Å². The Morgan fingerprint density at radius 2 is 2.62 bits per heavy atom. The van der Waals surface area contributed by atoms with Gasteiger partial charge in [0.05, 0.1) is 6.07 Å². The van der Waals surface area contributed by atoms with Crippen molar-refractivity contribution in [1.29, 1.82) is 5.26 Å². The lowest BCUT2D eigenvalue weighted by molar-refractivity contribution is 0.572. The number of hydrogen-bond donors (Lipinski definition) is 0. The van der Waals surface area contributed by atoms with Crippen molar-refractivity contribution in [2.75, 3.05) is 19.0 Å². The molecule has 2 nitrogen and oxygen atoms in total. The SMILES string of the molecule is N#CC1CN1CCCl. The van der Waals surface area contributed by atoms with E-state index in [1.54, 1.807) is 0 Å². The van der Waals surface area contributed by atoms with Crippen LogP contribution in [0.4, 0.5) is 0 Å². The fraction of sp³-hybridized carbons (Fsp3) is 0.800. The summed E-state index contributed by atoms with van der Waals surface area (Å²) < 4.78 is 0. The molecule has 1 saturated heterocycles. The summed E-state index contributed by atoms with van der Waals surface area (Å²) in [5, 5.41) is 8.27. The molecule has 0 aromatic heterocycles. The molecule has 0 radical (unpaired) electrons. The fourth-order valence-electron chi connectivity index (χ4n) is 0.653. The Kier molecular flexibility index (Phi) is 1.72. The van der Waals surface area contributed by atoms with E-state index in [2.05, 4.69) is 6.07 Å². The molecule has 1 aliphatic heterocycles. The average molecular weight is 131 g/mol. The Balaban J connectivity index is 2.10. The van der Waals surface area contributed by atoms with Gasteiger partial charge in [0.1, 0.15) is 6.04 Å². The van der Waals surface area contributed by atoms with E-state index in [4.69, 9.17) is 16.9 Å². The van der Waals surface area contributed by atoms with Gasteiger partial charge >= 0.3 is 0 Å².